The summed E-state index contributed by atoms with van der Waals surface area (Å²) in [5.41, 5.74) is 1.02. The highest BCUT2D eigenvalue weighted by molar-refractivity contribution is 5.69. The number of benzene rings is 1. The molecule has 1 amide bonds. The van der Waals surface area contributed by atoms with Gasteiger partial charge in [-0.05, 0) is 12.0 Å². The molecule has 124 valence electrons. The maximum atomic E-state index is 12.4. The molecular weight excluding hydrogens is 294 g/mol. The summed E-state index contributed by atoms with van der Waals surface area (Å²) in [6.07, 6.45) is 1.23. The van der Waals surface area contributed by atoms with Gasteiger partial charge in [-0.25, -0.2) is 4.79 Å². The van der Waals surface area contributed by atoms with E-state index in [9.17, 15) is 4.79 Å². The zero-order valence-electron chi connectivity index (χ0n) is 13.2. The average molecular weight is 317 g/mol. The molecule has 0 saturated carbocycles. The van der Waals surface area contributed by atoms with E-state index in [0.29, 0.717) is 12.6 Å². The summed E-state index contributed by atoms with van der Waals surface area (Å²) in [5.74, 6) is 0. The summed E-state index contributed by atoms with van der Waals surface area (Å²) in [7, 11) is 0. The minimum atomic E-state index is -0.209. The molecule has 6 nitrogen and oxygen atoms in total. The van der Waals surface area contributed by atoms with Gasteiger partial charge in [-0.3, -0.25) is 9.80 Å². The lowest BCUT2D eigenvalue weighted by atomic mass is 10.0. The van der Waals surface area contributed by atoms with Crippen molar-refractivity contribution in [1.82, 2.24) is 15.1 Å². The molecule has 1 N–H and O–H groups in total. The van der Waals surface area contributed by atoms with E-state index < -0.39 is 0 Å². The second-order valence-electron chi connectivity index (χ2n) is 6.38. The van der Waals surface area contributed by atoms with Crippen LogP contribution in [0.15, 0.2) is 30.3 Å². The first kappa shape index (κ1) is 14.9. The summed E-state index contributed by atoms with van der Waals surface area (Å²) >= 11 is 0. The van der Waals surface area contributed by atoms with Gasteiger partial charge in [-0.2, -0.15) is 0 Å². The highest BCUT2D eigenvalue weighted by Crippen LogP contribution is 2.29. The van der Waals surface area contributed by atoms with Crippen molar-refractivity contribution in [3.05, 3.63) is 35.9 Å². The largest absolute Gasteiger partial charge is 0.445 e. The molecule has 1 aromatic rings. The molecule has 0 spiro atoms. The van der Waals surface area contributed by atoms with Gasteiger partial charge in [0, 0.05) is 26.2 Å². The van der Waals surface area contributed by atoms with Crippen LogP contribution in [0.25, 0.3) is 0 Å². The second kappa shape index (κ2) is 6.47. The van der Waals surface area contributed by atoms with Gasteiger partial charge < -0.3 is 14.8 Å². The Bertz CT molecular complexity index is 553. The Hall–Kier alpha value is -1.63. The Kier molecular flexibility index (Phi) is 4.20. The third-order valence-corrected chi connectivity index (χ3v) is 5.05. The molecule has 1 unspecified atom stereocenters. The Balaban J connectivity index is 1.35. The highest BCUT2D eigenvalue weighted by atomic mass is 16.6. The molecule has 3 heterocycles. The Labute approximate surface area is 136 Å². The van der Waals surface area contributed by atoms with Gasteiger partial charge in [0.1, 0.15) is 6.61 Å². The highest BCUT2D eigenvalue weighted by Gasteiger charge is 2.45. The van der Waals surface area contributed by atoms with Gasteiger partial charge in [0.15, 0.2) is 0 Å². The Morgan fingerprint density at radius 1 is 1.26 bits per heavy atom. The molecule has 0 radical (unpaired) electrons. The minimum Gasteiger partial charge on any atom is -0.445 e. The first-order valence-electron chi connectivity index (χ1n) is 8.38. The number of nitrogens with one attached hydrogen (secondary N) is 1. The van der Waals surface area contributed by atoms with Crippen LogP contribution in [-0.2, 0) is 16.1 Å². The van der Waals surface area contributed by atoms with Gasteiger partial charge in [-0.1, -0.05) is 30.3 Å². The number of hydrogen-bond acceptors (Lipinski definition) is 5. The molecule has 3 aliphatic rings. The van der Waals surface area contributed by atoms with Crippen LogP contribution in [0, 0.1) is 0 Å². The number of morpholine rings is 1. The number of carbonyl (C=O) groups is 1. The number of fused-ring (bicyclic) bond motifs is 1. The van der Waals surface area contributed by atoms with Crippen molar-refractivity contribution in [2.24, 2.45) is 0 Å². The summed E-state index contributed by atoms with van der Waals surface area (Å²) in [5, 5.41) is 3.39. The molecule has 6 heteroatoms. The summed E-state index contributed by atoms with van der Waals surface area (Å²) in [6.45, 7) is 4.59. The number of ether oxygens (including phenoxy) is 2. The fourth-order valence-corrected chi connectivity index (χ4v) is 3.72. The van der Waals surface area contributed by atoms with Crippen LogP contribution < -0.4 is 5.32 Å². The van der Waals surface area contributed by atoms with Crippen molar-refractivity contribution in [3.63, 3.8) is 0 Å². The molecule has 3 atom stereocenters. The van der Waals surface area contributed by atoms with Crippen molar-refractivity contribution >= 4 is 6.09 Å². The van der Waals surface area contributed by atoms with Crippen molar-refractivity contribution in [3.8, 4) is 0 Å². The molecule has 4 rings (SSSR count). The Morgan fingerprint density at radius 2 is 2.13 bits per heavy atom. The van der Waals surface area contributed by atoms with E-state index >= 15 is 0 Å². The maximum Gasteiger partial charge on any atom is 0.411 e. The van der Waals surface area contributed by atoms with Gasteiger partial charge in [0.05, 0.1) is 24.9 Å². The fraction of sp³-hybridized carbons (Fsp3) is 0.588. The molecule has 0 aromatic heterocycles. The number of hydrogen-bond donors (Lipinski definition) is 1. The van der Waals surface area contributed by atoms with Crippen LogP contribution >= 0.6 is 0 Å². The fourth-order valence-electron chi connectivity index (χ4n) is 3.72. The first-order chi connectivity index (χ1) is 11.3. The number of nitrogens with zero attached hydrogens (tertiary/aromatic N) is 2. The standard InChI is InChI=1S/C17H23N3O3/c21-17(23-12-13-4-2-1-3-5-13)20-7-6-16(20)19-8-9-22-15-11-18-10-14(15)19/h1-5,14-16,18H,6-12H2/t14-,15-,16?/m1/s1. The zero-order valence-corrected chi connectivity index (χ0v) is 13.2. The molecule has 3 aliphatic heterocycles. The maximum absolute atomic E-state index is 12.4. The second-order valence-corrected chi connectivity index (χ2v) is 6.38. The summed E-state index contributed by atoms with van der Waals surface area (Å²) in [4.78, 5) is 16.6. The van der Waals surface area contributed by atoms with E-state index in [1.54, 1.807) is 0 Å². The van der Waals surface area contributed by atoms with Gasteiger partial charge in [0.25, 0.3) is 0 Å². The smallest absolute Gasteiger partial charge is 0.411 e. The van der Waals surface area contributed by atoms with Crippen molar-refractivity contribution in [2.45, 2.75) is 31.3 Å². The molecule has 0 bridgehead atoms. The van der Waals surface area contributed by atoms with E-state index in [2.05, 4.69) is 10.2 Å². The quantitative estimate of drug-likeness (QED) is 0.902. The van der Waals surface area contributed by atoms with Gasteiger partial charge in [0.2, 0.25) is 0 Å². The number of carbonyl (C=O) groups excluding carboxylic acids is 1. The van der Waals surface area contributed by atoms with E-state index in [1.165, 1.54) is 0 Å². The summed E-state index contributed by atoms with van der Waals surface area (Å²) in [6, 6.07) is 10.2. The zero-order chi connectivity index (χ0) is 15.6. The number of rotatable bonds is 3. The molecule has 3 fully saturated rings. The van der Waals surface area contributed by atoms with E-state index in [4.69, 9.17) is 9.47 Å². The van der Waals surface area contributed by atoms with E-state index in [-0.39, 0.29) is 18.4 Å². The predicted molar refractivity (Wildman–Crippen MR) is 84.8 cm³/mol. The van der Waals surface area contributed by atoms with Crippen LogP contribution in [0.1, 0.15) is 12.0 Å². The van der Waals surface area contributed by atoms with Crippen LogP contribution in [0.5, 0.6) is 0 Å². The third kappa shape index (κ3) is 2.94. The van der Waals surface area contributed by atoms with Gasteiger partial charge in [-0.15, -0.1) is 0 Å². The monoisotopic (exact) mass is 317 g/mol. The lowest BCUT2D eigenvalue weighted by Crippen LogP contribution is -2.66. The molecule has 0 aliphatic carbocycles. The minimum absolute atomic E-state index is 0.162. The first-order valence-corrected chi connectivity index (χ1v) is 8.38. The van der Waals surface area contributed by atoms with E-state index in [1.807, 2.05) is 35.2 Å². The lowest BCUT2D eigenvalue weighted by Gasteiger charge is -2.51. The SMILES string of the molecule is O=C(OCc1ccccc1)N1CCC1N1CCO[C@@H]2CNC[C@H]21. The van der Waals surface area contributed by atoms with Crippen molar-refractivity contribution in [2.75, 3.05) is 32.8 Å². The third-order valence-electron chi connectivity index (χ3n) is 5.05. The lowest BCUT2D eigenvalue weighted by molar-refractivity contribution is -0.118. The van der Waals surface area contributed by atoms with Crippen molar-refractivity contribution in [1.29, 1.82) is 0 Å². The van der Waals surface area contributed by atoms with Crippen LogP contribution in [0.4, 0.5) is 4.79 Å². The normalized spacial score (nSPS) is 30.6. The number of amides is 1. The van der Waals surface area contributed by atoms with Crippen LogP contribution in [0.2, 0.25) is 0 Å². The van der Waals surface area contributed by atoms with Crippen LogP contribution in [0.3, 0.4) is 0 Å². The molecule has 3 saturated heterocycles. The molecular formula is C17H23N3O3. The molecule has 1 aromatic carbocycles. The van der Waals surface area contributed by atoms with Gasteiger partial charge >= 0.3 is 6.09 Å². The van der Waals surface area contributed by atoms with E-state index in [0.717, 1.165) is 44.8 Å². The topological polar surface area (TPSA) is 54.0 Å². The Morgan fingerprint density at radius 3 is 2.91 bits per heavy atom. The summed E-state index contributed by atoms with van der Waals surface area (Å²) < 4.78 is 11.3. The number of likely N-dealkylation sites (tertiary alicyclic amines) is 1. The predicted octanol–water partition coefficient (Wildman–Crippen LogP) is 1.03. The van der Waals surface area contributed by atoms with Crippen molar-refractivity contribution < 1.29 is 14.3 Å². The molecule has 23 heavy (non-hydrogen) atoms. The van der Waals surface area contributed by atoms with Crippen LogP contribution in [-0.4, -0.2) is 67.0 Å². The average Bonchev–Trinajstić information content (AvgIpc) is 3.02.